The molecule has 3 aromatic rings. The maximum atomic E-state index is 13.4. The Balaban J connectivity index is 1.42. The predicted octanol–water partition coefficient (Wildman–Crippen LogP) is 3.74. The minimum absolute atomic E-state index is 0.139. The Labute approximate surface area is 181 Å². The molecule has 4 rings (SSSR count). The monoisotopic (exact) mass is 440 g/mol. The summed E-state index contributed by atoms with van der Waals surface area (Å²) in [7, 11) is -3.70. The van der Waals surface area contributed by atoms with Crippen LogP contribution in [0.2, 0.25) is 0 Å². The van der Waals surface area contributed by atoms with Crippen LogP contribution in [0.15, 0.2) is 71.6 Å². The molecule has 0 unspecified atom stereocenters. The Morgan fingerprint density at radius 3 is 2.58 bits per heavy atom. The zero-order valence-corrected chi connectivity index (χ0v) is 17.9. The highest BCUT2D eigenvalue weighted by Gasteiger charge is 2.33. The molecule has 0 bridgehead atoms. The molecule has 1 saturated heterocycles. The number of carbonyl (C=O) groups is 1. The summed E-state index contributed by atoms with van der Waals surface area (Å²) < 4.78 is 41.2. The van der Waals surface area contributed by atoms with Crippen LogP contribution in [0.4, 0.5) is 4.39 Å². The minimum Gasteiger partial charge on any atom is -0.355 e. The lowest BCUT2D eigenvalue weighted by molar-refractivity contribution is -0.126. The van der Waals surface area contributed by atoms with Crippen molar-refractivity contribution in [2.24, 2.45) is 5.92 Å². The molecule has 0 aromatic heterocycles. The SMILES string of the molecule is O=C(NCCc1ccc(F)cc1)[C@@H]1CCCN(S(=O)(=O)c2cccc3ccccc23)C1. The van der Waals surface area contributed by atoms with E-state index >= 15 is 0 Å². The van der Waals surface area contributed by atoms with E-state index in [2.05, 4.69) is 5.32 Å². The molecule has 7 heteroatoms. The highest BCUT2D eigenvalue weighted by atomic mass is 32.2. The second kappa shape index (κ2) is 9.16. The van der Waals surface area contributed by atoms with Crippen LogP contribution in [-0.4, -0.2) is 38.3 Å². The van der Waals surface area contributed by atoms with Crippen LogP contribution in [0.1, 0.15) is 18.4 Å². The first kappa shape index (κ1) is 21.5. The van der Waals surface area contributed by atoms with Crippen molar-refractivity contribution in [1.29, 1.82) is 0 Å². The van der Waals surface area contributed by atoms with Crippen LogP contribution in [0.3, 0.4) is 0 Å². The minimum atomic E-state index is -3.70. The van der Waals surface area contributed by atoms with Gasteiger partial charge in [0, 0.05) is 25.0 Å². The van der Waals surface area contributed by atoms with Crippen molar-refractivity contribution in [2.45, 2.75) is 24.2 Å². The number of nitrogens with zero attached hydrogens (tertiary/aromatic N) is 1. The smallest absolute Gasteiger partial charge is 0.243 e. The quantitative estimate of drug-likeness (QED) is 0.635. The van der Waals surface area contributed by atoms with Gasteiger partial charge >= 0.3 is 0 Å². The van der Waals surface area contributed by atoms with Gasteiger partial charge in [-0.3, -0.25) is 4.79 Å². The fourth-order valence-corrected chi connectivity index (χ4v) is 5.80. The molecule has 1 atom stereocenters. The van der Waals surface area contributed by atoms with Crippen molar-refractivity contribution in [2.75, 3.05) is 19.6 Å². The molecule has 3 aromatic carbocycles. The maximum absolute atomic E-state index is 13.4. The molecule has 1 N–H and O–H groups in total. The first-order valence-electron chi connectivity index (χ1n) is 10.5. The molecule has 0 spiro atoms. The normalized spacial score (nSPS) is 17.5. The van der Waals surface area contributed by atoms with Crippen LogP contribution in [-0.2, 0) is 21.2 Å². The Morgan fingerprint density at radius 1 is 1.03 bits per heavy atom. The number of halogens is 1. The topological polar surface area (TPSA) is 66.5 Å². The fraction of sp³-hybridized carbons (Fsp3) is 0.292. The Bertz CT molecular complexity index is 1170. The highest BCUT2D eigenvalue weighted by Crippen LogP contribution is 2.29. The van der Waals surface area contributed by atoms with E-state index in [1.54, 1.807) is 24.3 Å². The fourth-order valence-electron chi connectivity index (χ4n) is 4.06. The van der Waals surface area contributed by atoms with Crippen molar-refractivity contribution in [3.8, 4) is 0 Å². The van der Waals surface area contributed by atoms with Gasteiger partial charge in [-0.15, -0.1) is 0 Å². The lowest BCUT2D eigenvalue weighted by Crippen LogP contribution is -2.45. The van der Waals surface area contributed by atoms with Crippen LogP contribution in [0, 0.1) is 11.7 Å². The first-order chi connectivity index (χ1) is 14.9. The zero-order valence-electron chi connectivity index (χ0n) is 17.1. The molecule has 0 aliphatic carbocycles. The number of piperidine rings is 1. The number of benzene rings is 3. The van der Waals surface area contributed by atoms with Gasteiger partial charge in [-0.05, 0) is 48.4 Å². The molecule has 31 heavy (non-hydrogen) atoms. The molecule has 1 amide bonds. The van der Waals surface area contributed by atoms with E-state index in [-0.39, 0.29) is 29.1 Å². The Morgan fingerprint density at radius 2 is 1.77 bits per heavy atom. The number of amides is 1. The third-order valence-corrected chi connectivity index (χ3v) is 7.67. The second-order valence-corrected chi connectivity index (χ2v) is 9.75. The zero-order chi connectivity index (χ0) is 21.8. The van der Waals surface area contributed by atoms with Gasteiger partial charge in [0.05, 0.1) is 10.8 Å². The summed E-state index contributed by atoms with van der Waals surface area (Å²) in [5.74, 6) is -0.811. The predicted molar refractivity (Wildman–Crippen MR) is 119 cm³/mol. The molecule has 5 nitrogen and oxygen atoms in total. The van der Waals surface area contributed by atoms with E-state index in [9.17, 15) is 17.6 Å². The lowest BCUT2D eigenvalue weighted by atomic mass is 9.99. The number of nitrogens with one attached hydrogen (secondary N) is 1. The van der Waals surface area contributed by atoms with Crippen molar-refractivity contribution < 1.29 is 17.6 Å². The molecule has 0 radical (unpaired) electrons. The molecule has 162 valence electrons. The van der Waals surface area contributed by atoms with E-state index in [0.717, 1.165) is 10.9 Å². The third-order valence-electron chi connectivity index (χ3n) is 5.75. The second-order valence-electron chi connectivity index (χ2n) is 7.85. The number of carbonyl (C=O) groups excluding carboxylic acids is 1. The summed E-state index contributed by atoms with van der Waals surface area (Å²) in [6.45, 7) is 1.01. The van der Waals surface area contributed by atoms with Gasteiger partial charge in [-0.25, -0.2) is 12.8 Å². The van der Waals surface area contributed by atoms with Gasteiger partial charge < -0.3 is 5.32 Å². The van der Waals surface area contributed by atoms with Gasteiger partial charge in [0.15, 0.2) is 0 Å². The van der Waals surface area contributed by atoms with E-state index in [4.69, 9.17) is 0 Å². The highest BCUT2D eigenvalue weighted by molar-refractivity contribution is 7.89. The van der Waals surface area contributed by atoms with E-state index < -0.39 is 10.0 Å². The van der Waals surface area contributed by atoms with Crippen molar-refractivity contribution in [1.82, 2.24) is 9.62 Å². The summed E-state index contributed by atoms with van der Waals surface area (Å²) in [6, 6.07) is 18.9. The van der Waals surface area contributed by atoms with E-state index in [0.29, 0.717) is 37.7 Å². The van der Waals surface area contributed by atoms with Crippen LogP contribution in [0.5, 0.6) is 0 Å². The van der Waals surface area contributed by atoms with Crippen molar-refractivity contribution in [3.05, 3.63) is 78.1 Å². The Kier molecular flexibility index (Phi) is 6.34. The van der Waals surface area contributed by atoms with E-state index in [1.807, 2.05) is 30.3 Å². The summed E-state index contributed by atoms with van der Waals surface area (Å²) >= 11 is 0. The Hall–Kier alpha value is -2.77. The lowest BCUT2D eigenvalue weighted by Gasteiger charge is -2.31. The average Bonchev–Trinajstić information content (AvgIpc) is 2.80. The van der Waals surface area contributed by atoms with Gasteiger partial charge in [0.2, 0.25) is 15.9 Å². The van der Waals surface area contributed by atoms with Gasteiger partial charge in [0.1, 0.15) is 5.82 Å². The number of hydrogen-bond acceptors (Lipinski definition) is 3. The average molecular weight is 441 g/mol. The first-order valence-corrected chi connectivity index (χ1v) is 11.9. The van der Waals surface area contributed by atoms with Gasteiger partial charge in [0.25, 0.3) is 0 Å². The van der Waals surface area contributed by atoms with E-state index in [1.165, 1.54) is 16.4 Å². The van der Waals surface area contributed by atoms with Crippen molar-refractivity contribution >= 4 is 26.7 Å². The number of fused-ring (bicyclic) bond motifs is 1. The molecular weight excluding hydrogens is 415 g/mol. The van der Waals surface area contributed by atoms with Crippen LogP contribution < -0.4 is 5.32 Å². The van der Waals surface area contributed by atoms with Gasteiger partial charge in [-0.2, -0.15) is 4.31 Å². The number of rotatable bonds is 6. The number of hydrogen-bond donors (Lipinski definition) is 1. The van der Waals surface area contributed by atoms with Gasteiger partial charge in [-0.1, -0.05) is 48.5 Å². The standard InChI is InChI=1S/C24H25FN2O3S/c25-21-12-10-18(11-13-21)14-15-26-24(28)20-7-4-16-27(17-20)31(29,30)23-9-3-6-19-5-1-2-8-22(19)23/h1-3,5-6,8-13,20H,4,7,14-17H2,(H,26,28)/t20-/m1/s1. The number of sulfonamides is 1. The molecule has 1 aliphatic heterocycles. The molecule has 0 saturated carbocycles. The molecule has 1 heterocycles. The van der Waals surface area contributed by atoms with Crippen LogP contribution in [0.25, 0.3) is 10.8 Å². The summed E-state index contributed by atoms with van der Waals surface area (Å²) in [5, 5.41) is 4.46. The third kappa shape index (κ3) is 4.78. The van der Waals surface area contributed by atoms with Crippen molar-refractivity contribution in [3.63, 3.8) is 0 Å². The van der Waals surface area contributed by atoms with Crippen LogP contribution >= 0.6 is 0 Å². The molecular formula is C24H25FN2O3S. The molecule has 1 fully saturated rings. The summed E-state index contributed by atoms with van der Waals surface area (Å²) in [5.41, 5.74) is 0.936. The maximum Gasteiger partial charge on any atom is 0.243 e. The largest absolute Gasteiger partial charge is 0.355 e. The summed E-state index contributed by atoms with van der Waals surface area (Å²) in [6.07, 6.45) is 1.89. The molecule has 1 aliphatic rings. The summed E-state index contributed by atoms with van der Waals surface area (Å²) in [4.78, 5) is 13.0.